The first-order valence-electron chi connectivity index (χ1n) is 4.78. The zero-order chi connectivity index (χ0) is 13.5. The summed E-state index contributed by atoms with van der Waals surface area (Å²) in [6.07, 6.45) is -1.14. The second-order valence-corrected chi connectivity index (χ2v) is 3.19. The maximum Gasteiger partial charge on any atom is 0.404 e. The molecule has 1 aromatic rings. The van der Waals surface area contributed by atoms with Gasteiger partial charge in [0.1, 0.15) is 0 Å². The van der Waals surface area contributed by atoms with Gasteiger partial charge in [0.2, 0.25) is 0 Å². The van der Waals surface area contributed by atoms with E-state index < -0.39 is 11.1 Å². The number of nitrogens with zero attached hydrogens (tertiary/aromatic N) is 2. The Kier molecular flexibility index (Phi) is 4.43. The summed E-state index contributed by atoms with van der Waals surface area (Å²) >= 11 is 0. The Balaban J connectivity index is 2.75. The number of hydrogen-bond donors (Lipinski definition) is 4. The molecule has 0 aliphatic rings. The van der Waals surface area contributed by atoms with Gasteiger partial charge in [-0.15, -0.1) is 0 Å². The quantitative estimate of drug-likeness (QED) is 0.261. The minimum atomic E-state index is -1.14. The average Bonchev–Trinajstić information content (AvgIpc) is 2.25. The van der Waals surface area contributed by atoms with Gasteiger partial charge < -0.3 is 16.2 Å². The lowest BCUT2D eigenvalue weighted by molar-refractivity contribution is -0.525. The number of rotatable bonds is 4. The lowest BCUT2D eigenvalue weighted by Crippen LogP contribution is -2.35. The predicted octanol–water partition coefficient (Wildman–Crippen LogP) is 0.182. The fourth-order valence-electron chi connectivity index (χ4n) is 1.17. The number of aliphatic imine (C=N–C) groups is 1. The summed E-state index contributed by atoms with van der Waals surface area (Å²) in [6.45, 7) is 0.112. The van der Waals surface area contributed by atoms with E-state index >= 15 is 0 Å². The molecule has 0 radical (unpaired) electrons. The fraction of sp³-hybridized carbons (Fsp3) is 0.111. The van der Waals surface area contributed by atoms with Gasteiger partial charge in [-0.3, -0.25) is 0 Å². The van der Waals surface area contributed by atoms with Crippen LogP contribution in [0, 0.1) is 10.1 Å². The number of nitrogens with one attached hydrogen (secondary N) is 2. The molecule has 18 heavy (non-hydrogen) atoms. The van der Waals surface area contributed by atoms with Crippen molar-refractivity contribution < 1.29 is 14.9 Å². The van der Waals surface area contributed by atoms with E-state index in [-0.39, 0.29) is 12.5 Å². The first-order chi connectivity index (χ1) is 8.47. The van der Waals surface area contributed by atoms with Crippen LogP contribution in [0.1, 0.15) is 5.56 Å². The second-order valence-electron chi connectivity index (χ2n) is 3.19. The summed E-state index contributed by atoms with van der Waals surface area (Å²) in [5.74, 6) is -0.358. The summed E-state index contributed by atoms with van der Waals surface area (Å²) in [5.41, 5.74) is 8.01. The van der Waals surface area contributed by atoms with Gasteiger partial charge in [0.15, 0.2) is 5.03 Å². The molecule has 9 nitrogen and oxygen atoms in total. The van der Waals surface area contributed by atoms with Crippen molar-refractivity contribution in [3.63, 3.8) is 0 Å². The van der Waals surface area contributed by atoms with Crippen molar-refractivity contribution in [2.45, 2.75) is 6.54 Å². The van der Waals surface area contributed by atoms with Crippen LogP contribution >= 0.6 is 0 Å². The number of carbonyl (C=O) groups is 1. The number of guanidine groups is 1. The van der Waals surface area contributed by atoms with Gasteiger partial charge in [-0.25, -0.2) is 19.9 Å². The molecule has 0 saturated carbocycles. The number of amides is 1. The van der Waals surface area contributed by atoms with Crippen LogP contribution in [0.25, 0.3) is 0 Å². The monoisotopic (exact) mass is 253 g/mol. The minimum Gasteiger partial charge on any atom is -0.465 e. The highest BCUT2D eigenvalue weighted by atomic mass is 16.7. The number of carboxylic acid groups (broad SMARTS) is 1. The Morgan fingerprint density at radius 1 is 1.56 bits per heavy atom. The molecular formula is C9H11N5O4. The maximum atomic E-state index is 10.3. The van der Waals surface area contributed by atoms with E-state index in [2.05, 4.69) is 10.3 Å². The van der Waals surface area contributed by atoms with E-state index in [1.54, 1.807) is 29.7 Å². The van der Waals surface area contributed by atoms with Crippen molar-refractivity contribution in [3.05, 3.63) is 39.9 Å². The van der Waals surface area contributed by atoms with Gasteiger partial charge in [0.25, 0.3) is 5.96 Å². The zero-order valence-corrected chi connectivity index (χ0v) is 9.16. The second kappa shape index (κ2) is 6.03. The summed E-state index contributed by atoms with van der Waals surface area (Å²) < 4.78 is 0. The Morgan fingerprint density at radius 3 is 2.89 bits per heavy atom. The van der Waals surface area contributed by atoms with E-state index in [0.29, 0.717) is 11.3 Å². The molecule has 0 atom stereocenters. The maximum absolute atomic E-state index is 10.3. The highest BCUT2D eigenvalue weighted by molar-refractivity contribution is 5.79. The molecule has 0 aliphatic heterocycles. The van der Waals surface area contributed by atoms with Crippen molar-refractivity contribution in [2.24, 2.45) is 10.7 Å². The van der Waals surface area contributed by atoms with Crippen LogP contribution in [0.2, 0.25) is 0 Å². The molecule has 0 fully saturated rings. The number of nitro groups is 1. The van der Waals surface area contributed by atoms with Gasteiger partial charge in [0, 0.05) is 6.54 Å². The minimum absolute atomic E-state index is 0.112. The van der Waals surface area contributed by atoms with E-state index in [0.717, 1.165) is 0 Å². The van der Waals surface area contributed by atoms with Gasteiger partial charge in [-0.2, -0.15) is 0 Å². The summed E-state index contributed by atoms with van der Waals surface area (Å²) in [6, 6.07) is 6.46. The number of hydrazine groups is 1. The molecule has 0 heterocycles. The van der Waals surface area contributed by atoms with Crippen molar-refractivity contribution >= 4 is 17.7 Å². The summed E-state index contributed by atoms with van der Waals surface area (Å²) in [4.78, 5) is 24.2. The molecule has 0 bridgehead atoms. The smallest absolute Gasteiger partial charge is 0.404 e. The van der Waals surface area contributed by atoms with Gasteiger partial charge in [0.05, 0.1) is 5.69 Å². The first-order valence-corrected chi connectivity index (χ1v) is 4.78. The third kappa shape index (κ3) is 4.79. The molecule has 96 valence electrons. The lowest BCUT2D eigenvalue weighted by atomic mass is 10.2. The van der Waals surface area contributed by atoms with Gasteiger partial charge in [-0.1, -0.05) is 17.6 Å². The van der Waals surface area contributed by atoms with Gasteiger partial charge in [-0.05, 0) is 17.7 Å². The van der Waals surface area contributed by atoms with Crippen LogP contribution in [-0.2, 0) is 6.54 Å². The topological polar surface area (TPSA) is 143 Å². The Bertz CT molecular complexity index is 488. The largest absolute Gasteiger partial charge is 0.465 e. The Morgan fingerprint density at radius 2 is 2.28 bits per heavy atom. The Labute approximate surface area is 101 Å². The van der Waals surface area contributed by atoms with Crippen LogP contribution in [0.3, 0.4) is 0 Å². The highest BCUT2D eigenvalue weighted by Gasteiger charge is 2.01. The summed E-state index contributed by atoms with van der Waals surface area (Å²) in [7, 11) is 0. The molecule has 0 saturated heterocycles. The average molecular weight is 253 g/mol. The lowest BCUT2D eigenvalue weighted by Gasteiger charge is -2.02. The standard InChI is InChI=1S/C9H11N5O4/c10-8(13-14(17)18)12-7-3-1-2-6(4-7)5-11-9(15)16/h1-4,11H,5H2,(H,15,16)(H3,10,12,13). The zero-order valence-electron chi connectivity index (χ0n) is 9.16. The molecule has 1 aromatic carbocycles. The van der Waals surface area contributed by atoms with Crippen LogP contribution in [0.4, 0.5) is 10.5 Å². The molecule has 0 aromatic heterocycles. The van der Waals surface area contributed by atoms with Gasteiger partial charge >= 0.3 is 6.09 Å². The number of nitrogens with two attached hydrogens (primary N) is 1. The molecule has 5 N–H and O–H groups in total. The van der Waals surface area contributed by atoms with E-state index in [9.17, 15) is 14.9 Å². The van der Waals surface area contributed by atoms with Crippen LogP contribution < -0.4 is 16.5 Å². The SMILES string of the molecule is NC(=Nc1cccc(CNC(=O)O)c1)N[N+](=O)[O-]. The molecule has 0 aliphatic carbocycles. The van der Waals surface area contributed by atoms with Crippen LogP contribution in [-0.4, -0.2) is 22.2 Å². The molecular weight excluding hydrogens is 242 g/mol. The van der Waals surface area contributed by atoms with Crippen LogP contribution in [0.15, 0.2) is 29.3 Å². The number of hydrogen-bond acceptors (Lipinski definition) is 4. The number of benzene rings is 1. The molecule has 1 rings (SSSR count). The molecule has 0 spiro atoms. The third-order valence-corrected chi connectivity index (χ3v) is 1.81. The van der Waals surface area contributed by atoms with E-state index in [4.69, 9.17) is 10.8 Å². The normalized spacial score (nSPS) is 10.8. The highest BCUT2D eigenvalue weighted by Crippen LogP contribution is 2.13. The fourth-order valence-corrected chi connectivity index (χ4v) is 1.17. The van der Waals surface area contributed by atoms with E-state index in [1.165, 1.54) is 0 Å². The van der Waals surface area contributed by atoms with Crippen molar-refractivity contribution in [2.75, 3.05) is 0 Å². The predicted molar refractivity (Wildman–Crippen MR) is 62.7 cm³/mol. The summed E-state index contributed by atoms with van der Waals surface area (Å²) in [5, 5.41) is 19.9. The Hall–Kier alpha value is -2.84. The van der Waals surface area contributed by atoms with Crippen LogP contribution in [0.5, 0.6) is 0 Å². The van der Waals surface area contributed by atoms with Crippen molar-refractivity contribution in [1.29, 1.82) is 0 Å². The van der Waals surface area contributed by atoms with E-state index in [1.807, 2.05) is 0 Å². The third-order valence-electron chi connectivity index (χ3n) is 1.81. The first kappa shape index (κ1) is 13.2. The molecule has 9 heteroatoms. The van der Waals surface area contributed by atoms with Crippen molar-refractivity contribution in [1.82, 2.24) is 10.7 Å². The van der Waals surface area contributed by atoms with Crippen molar-refractivity contribution in [3.8, 4) is 0 Å². The molecule has 0 unspecified atom stereocenters. The molecule has 1 amide bonds.